The zero-order chi connectivity index (χ0) is 15.8. The summed E-state index contributed by atoms with van der Waals surface area (Å²) in [6.45, 7) is 2.04. The molecule has 0 bridgehead atoms. The molecule has 0 fully saturated rings. The Kier molecular flexibility index (Phi) is 3.34. The van der Waals surface area contributed by atoms with Gasteiger partial charge in [-0.3, -0.25) is 4.79 Å². The van der Waals surface area contributed by atoms with Gasteiger partial charge in [0.05, 0.1) is 5.92 Å². The van der Waals surface area contributed by atoms with E-state index in [0.717, 1.165) is 22.3 Å². The van der Waals surface area contributed by atoms with Crippen molar-refractivity contribution in [1.82, 2.24) is 0 Å². The van der Waals surface area contributed by atoms with Gasteiger partial charge >= 0.3 is 0 Å². The maximum atomic E-state index is 13.1. The Bertz CT molecular complexity index is 850. The molecule has 1 heteroatoms. The van der Waals surface area contributed by atoms with E-state index in [1.54, 1.807) is 0 Å². The van der Waals surface area contributed by atoms with Gasteiger partial charge < -0.3 is 0 Å². The van der Waals surface area contributed by atoms with E-state index in [2.05, 4.69) is 36.4 Å². The highest BCUT2D eigenvalue weighted by molar-refractivity contribution is 6.07. The van der Waals surface area contributed by atoms with Crippen molar-refractivity contribution in [2.24, 2.45) is 0 Å². The molecule has 2 atom stereocenters. The van der Waals surface area contributed by atoms with Gasteiger partial charge in [0.15, 0.2) is 5.78 Å². The summed E-state index contributed by atoms with van der Waals surface area (Å²) >= 11 is 0. The first-order valence-corrected chi connectivity index (χ1v) is 8.00. The molecule has 0 saturated heterocycles. The average Bonchev–Trinajstić information content (AvgIpc) is 2.89. The standard InChI is InChI=1S/C22H18O/c1-15-12-13-18-19(14-15)22(23)21(17-10-6-3-7-11-17)20(18)16-8-4-2-5-9-16/h2-14,20-21H,1H3. The van der Waals surface area contributed by atoms with E-state index >= 15 is 0 Å². The van der Waals surface area contributed by atoms with Crippen LogP contribution in [-0.2, 0) is 0 Å². The number of rotatable bonds is 2. The molecule has 0 radical (unpaired) electrons. The maximum absolute atomic E-state index is 13.1. The van der Waals surface area contributed by atoms with Crippen LogP contribution in [0.2, 0.25) is 0 Å². The number of hydrogen-bond acceptors (Lipinski definition) is 1. The fourth-order valence-corrected chi connectivity index (χ4v) is 3.69. The third kappa shape index (κ3) is 2.29. The van der Waals surface area contributed by atoms with Crippen molar-refractivity contribution in [2.75, 3.05) is 0 Å². The van der Waals surface area contributed by atoms with Gasteiger partial charge in [-0.1, -0.05) is 78.4 Å². The molecule has 23 heavy (non-hydrogen) atoms. The second kappa shape index (κ2) is 5.51. The predicted molar refractivity (Wildman–Crippen MR) is 93.0 cm³/mol. The largest absolute Gasteiger partial charge is 0.293 e. The van der Waals surface area contributed by atoms with Gasteiger partial charge in [0.25, 0.3) is 0 Å². The summed E-state index contributed by atoms with van der Waals surface area (Å²) in [5, 5.41) is 0. The van der Waals surface area contributed by atoms with Crippen molar-refractivity contribution >= 4 is 5.78 Å². The Balaban J connectivity index is 1.93. The van der Waals surface area contributed by atoms with E-state index in [1.807, 2.05) is 49.4 Å². The molecule has 0 heterocycles. The molecule has 1 nitrogen and oxygen atoms in total. The van der Waals surface area contributed by atoms with E-state index in [4.69, 9.17) is 0 Å². The number of fused-ring (bicyclic) bond motifs is 1. The minimum Gasteiger partial charge on any atom is -0.293 e. The molecule has 0 spiro atoms. The van der Waals surface area contributed by atoms with Crippen molar-refractivity contribution in [1.29, 1.82) is 0 Å². The fourth-order valence-electron chi connectivity index (χ4n) is 3.69. The van der Waals surface area contributed by atoms with Crippen molar-refractivity contribution in [3.8, 4) is 0 Å². The monoisotopic (exact) mass is 298 g/mol. The van der Waals surface area contributed by atoms with Gasteiger partial charge in [0, 0.05) is 11.5 Å². The first kappa shape index (κ1) is 14.0. The summed E-state index contributed by atoms with van der Waals surface area (Å²) in [5.74, 6) is 0.209. The molecular weight excluding hydrogens is 280 g/mol. The molecule has 0 saturated carbocycles. The summed E-state index contributed by atoms with van der Waals surface area (Å²) in [6, 6.07) is 26.8. The number of ketones is 1. The number of carbonyl (C=O) groups is 1. The van der Waals surface area contributed by atoms with Crippen LogP contribution < -0.4 is 0 Å². The first-order chi connectivity index (χ1) is 11.3. The number of benzene rings is 3. The zero-order valence-corrected chi connectivity index (χ0v) is 13.1. The molecule has 0 N–H and O–H groups in total. The highest BCUT2D eigenvalue weighted by atomic mass is 16.1. The summed E-state index contributed by atoms with van der Waals surface area (Å²) in [5.41, 5.74) is 5.48. The number of aryl methyl sites for hydroxylation is 1. The molecule has 0 amide bonds. The van der Waals surface area contributed by atoms with E-state index in [-0.39, 0.29) is 17.6 Å². The van der Waals surface area contributed by atoms with Gasteiger partial charge in [-0.15, -0.1) is 0 Å². The normalized spacial score (nSPS) is 19.6. The van der Waals surface area contributed by atoms with Crippen LogP contribution in [-0.4, -0.2) is 5.78 Å². The van der Waals surface area contributed by atoms with Gasteiger partial charge in [-0.05, 0) is 29.7 Å². The molecule has 2 unspecified atom stereocenters. The topological polar surface area (TPSA) is 17.1 Å². The molecule has 0 aromatic heterocycles. The van der Waals surface area contributed by atoms with Crippen molar-refractivity contribution < 1.29 is 4.79 Å². The van der Waals surface area contributed by atoms with Gasteiger partial charge in [0.1, 0.15) is 0 Å². The molecule has 112 valence electrons. The third-order valence-corrected chi connectivity index (χ3v) is 4.74. The van der Waals surface area contributed by atoms with Crippen LogP contribution in [0.3, 0.4) is 0 Å². The molecule has 3 aromatic carbocycles. The van der Waals surface area contributed by atoms with Crippen LogP contribution in [0, 0.1) is 6.92 Å². The van der Waals surface area contributed by atoms with Gasteiger partial charge in [-0.2, -0.15) is 0 Å². The van der Waals surface area contributed by atoms with Crippen molar-refractivity contribution in [3.63, 3.8) is 0 Å². The second-order valence-corrected chi connectivity index (χ2v) is 6.23. The smallest absolute Gasteiger partial charge is 0.171 e. The molecule has 1 aliphatic rings. The van der Waals surface area contributed by atoms with E-state index in [1.165, 1.54) is 5.56 Å². The minimum absolute atomic E-state index is 0.0988. The fraction of sp³-hybridized carbons (Fsp3) is 0.136. The van der Waals surface area contributed by atoms with Crippen LogP contribution in [0.5, 0.6) is 0 Å². The van der Waals surface area contributed by atoms with E-state index in [0.29, 0.717) is 0 Å². The van der Waals surface area contributed by atoms with Gasteiger partial charge in [0.2, 0.25) is 0 Å². The molecule has 3 aromatic rings. The van der Waals surface area contributed by atoms with Crippen LogP contribution in [0.15, 0.2) is 78.9 Å². The van der Waals surface area contributed by atoms with Crippen LogP contribution in [0.25, 0.3) is 0 Å². The lowest BCUT2D eigenvalue weighted by molar-refractivity contribution is 0.0968. The number of Topliss-reactive ketones (excluding diaryl/α,β-unsaturated/α-hetero) is 1. The Morgan fingerprint density at radius 3 is 1.87 bits per heavy atom. The zero-order valence-electron chi connectivity index (χ0n) is 13.1. The Morgan fingerprint density at radius 2 is 1.26 bits per heavy atom. The summed E-state index contributed by atoms with van der Waals surface area (Å²) < 4.78 is 0. The van der Waals surface area contributed by atoms with E-state index < -0.39 is 0 Å². The van der Waals surface area contributed by atoms with Crippen LogP contribution in [0.4, 0.5) is 0 Å². The summed E-state index contributed by atoms with van der Waals surface area (Å²) in [4.78, 5) is 13.1. The minimum atomic E-state index is -0.129. The maximum Gasteiger partial charge on any atom is 0.171 e. The lowest BCUT2D eigenvalue weighted by Crippen LogP contribution is -2.12. The average molecular weight is 298 g/mol. The van der Waals surface area contributed by atoms with Gasteiger partial charge in [-0.25, -0.2) is 0 Å². The van der Waals surface area contributed by atoms with Crippen molar-refractivity contribution in [2.45, 2.75) is 18.8 Å². The Labute approximate surface area is 136 Å². The highest BCUT2D eigenvalue weighted by Gasteiger charge is 2.41. The molecule has 0 aliphatic heterocycles. The number of carbonyl (C=O) groups excluding carboxylic acids is 1. The second-order valence-electron chi connectivity index (χ2n) is 6.23. The molecule has 4 rings (SSSR count). The van der Waals surface area contributed by atoms with Crippen LogP contribution >= 0.6 is 0 Å². The van der Waals surface area contributed by atoms with Crippen LogP contribution in [0.1, 0.15) is 44.4 Å². The third-order valence-electron chi connectivity index (χ3n) is 4.74. The first-order valence-electron chi connectivity index (χ1n) is 8.00. The Hall–Kier alpha value is -2.67. The predicted octanol–water partition coefficient (Wildman–Crippen LogP) is 5.11. The van der Waals surface area contributed by atoms with Crippen molar-refractivity contribution in [3.05, 3.63) is 107 Å². The highest BCUT2D eigenvalue weighted by Crippen LogP contribution is 2.47. The quantitative estimate of drug-likeness (QED) is 0.642. The number of hydrogen-bond donors (Lipinski definition) is 0. The lowest BCUT2D eigenvalue weighted by Gasteiger charge is -2.20. The SMILES string of the molecule is Cc1ccc2c(c1)C(=O)C(c1ccccc1)C2c1ccccc1. The Morgan fingerprint density at radius 1 is 0.696 bits per heavy atom. The lowest BCUT2D eigenvalue weighted by atomic mass is 9.81. The molecule has 1 aliphatic carbocycles. The molecular formula is C22H18O. The summed E-state index contributed by atoms with van der Waals surface area (Å²) in [6.07, 6.45) is 0. The summed E-state index contributed by atoms with van der Waals surface area (Å²) in [7, 11) is 0. The van der Waals surface area contributed by atoms with E-state index in [9.17, 15) is 4.79 Å².